The highest BCUT2D eigenvalue weighted by Gasteiger charge is 2.56. The first-order valence-corrected chi connectivity index (χ1v) is 20.8. The van der Waals surface area contributed by atoms with Gasteiger partial charge in [0.25, 0.3) is 0 Å². The SMILES string of the molecule is CCCNCC1(O)C(C)OC(OC2C(C)C(=O)OC(CC)C(C)(O)C(O)C(C)NCC(C)CC(C)(O)C(OC3OC(C)CC(N(C)C)C3O)C2C)CC1(C)C. The third kappa shape index (κ3) is 11.2. The molecule has 3 heterocycles. The van der Waals surface area contributed by atoms with Crippen LogP contribution in [-0.4, -0.2) is 154 Å². The minimum absolute atomic E-state index is 0.150. The highest BCUT2D eigenvalue weighted by atomic mass is 16.7. The molecule has 55 heavy (non-hydrogen) atoms. The Morgan fingerprint density at radius 2 is 1.58 bits per heavy atom. The van der Waals surface area contributed by atoms with Gasteiger partial charge in [-0.1, -0.05) is 41.5 Å². The molecule has 0 aliphatic carbocycles. The summed E-state index contributed by atoms with van der Waals surface area (Å²) in [5, 5.41) is 65.7. The van der Waals surface area contributed by atoms with E-state index in [-0.39, 0.29) is 30.9 Å². The lowest BCUT2D eigenvalue weighted by Crippen LogP contribution is -2.65. The Hall–Kier alpha value is -1.01. The largest absolute Gasteiger partial charge is 0.459 e. The maximum Gasteiger partial charge on any atom is 0.311 e. The molecule has 0 aromatic rings. The Bertz CT molecular complexity index is 1210. The average Bonchev–Trinajstić information content (AvgIpc) is 3.09. The van der Waals surface area contributed by atoms with Gasteiger partial charge in [-0.15, -0.1) is 0 Å². The molecular formula is C41H79N3O11. The Kier molecular flexibility index (Phi) is 17.0. The zero-order valence-electron chi connectivity index (χ0n) is 36.4. The second kappa shape index (κ2) is 19.4. The summed E-state index contributed by atoms with van der Waals surface area (Å²) in [6.45, 7) is 23.4. The van der Waals surface area contributed by atoms with Gasteiger partial charge in [-0.3, -0.25) is 4.79 Å². The second-order valence-corrected chi connectivity index (χ2v) is 18.6. The van der Waals surface area contributed by atoms with Crippen LogP contribution in [0.3, 0.4) is 0 Å². The van der Waals surface area contributed by atoms with Crippen molar-refractivity contribution in [3.8, 4) is 0 Å². The van der Waals surface area contributed by atoms with E-state index >= 15 is 0 Å². The smallest absolute Gasteiger partial charge is 0.311 e. The Morgan fingerprint density at radius 1 is 0.945 bits per heavy atom. The number of rotatable bonds is 10. The van der Waals surface area contributed by atoms with E-state index in [0.29, 0.717) is 25.9 Å². The van der Waals surface area contributed by atoms with Crippen LogP contribution in [-0.2, 0) is 28.5 Å². The molecule has 3 aliphatic heterocycles. The molecule has 0 aromatic carbocycles. The molecule has 3 fully saturated rings. The summed E-state index contributed by atoms with van der Waals surface area (Å²) in [7, 11) is 3.79. The lowest BCUT2D eigenvalue weighted by molar-refractivity contribution is -0.322. The average molecular weight is 790 g/mol. The highest BCUT2D eigenvalue weighted by molar-refractivity contribution is 5.73. The summed E-state index contributed by atoms with van der Waals surface area (Å²) >= 11 is 0. The van der Waals surface area contributed by atoms with Gasteiger partial charge in [-0.25, -0.2) is 0 Å². The summed E-state index contributed by atoms with van der Waals surface area (Å²) in [6.07, 6.45) is -6.01. The van der Waals surface area contributed by atoms with E-state index in [4.69, 9.17) is 23.7 Å². The minimum Gasteiger partial charge on any atom is -0.459 e. The lowest BCUT2D eigenvalue weighted by atomic mass is 9.67. The van der Waals surface area contributed by atoms with Crippen molar-refractivity contribution < 1.29 is 54.0 Å². The van der Waals surface area contributed by atoms with E-state index < -0.39 is 95.3 Å². The van der Waals surface area contributed by atoms with Gasteiger partial charge in [0.1, 0.15) is 29.5 Å². The van der Waals surface area contributed by atoms with Crippen molar-refractivity contribution in [1.29, 1.82) is 0 Å². The van der Waals surface area contributed by atoms with Crippen molar-refractivity contribution in [2.75, 3.05) is 33.7 Å². The molecule has 3 saturated heterocycles. The number of cyclic esters (lactones) is 1. The van der Waals surface area contributed by atoms with Gasteiger partial charge in [-0.05, 0) is 100 Å². The van der Waals surface area contributed by atoms with Crippen molar-refractivity contribution in [1.82, 2.24) is 15.5 Å². The number of aliphatic hydroxyl groups is 5. The monoisotopic (exact) mass is 790 g/mol. The first kappa shape index (κ1) is 48.4. The van der Waals surface area contributed by atoms with Crippen molar-refractivity contribution >= 4 is 5.97 Å². The maximum absolute atomic E-state index is 14.3. The van der Waals surface area contributed by atoms with Gasteiger partial charge in [0.05, 0.1) is 35.9 Å². The number of nitrogens with zero attached hydrogens (tertiary/aromatic N) is 1. The summed E-state index contributed by atoms with van der Waals surface area (Å²) in [6, 6.07) is -0.850. The molecule has 14 nitrogen and oxygen atoms in total. The summed E-state index contributed by atoms with van der Waals surface area (Å²) in [4.78, 5) is 16.2. The molecule has 324 valence electrons. The van der Waals surface area contributed by atoms with Gasteiger partial charge in [0, 0.05) is 36.4 Å². The number of nitrogens with one attached hydrogen (secondary N) is 2. The van der Waals surface area contributed by atoms with Crippen LogP contribution in [0.15, 0.2) is 0 Å². The number of hydrogen-bond donors (Lipinski definition) is 7. The van der Waals surface area contributed by atoms with Crippen molar-refractivity contribution in [3.63, 3.8) is 0 Å². The summed E-state index contributed by atoms with van der Waals surface area (Å²) < 4.78 is 32.3. The van der Waals surface area contributed by atoms with Crippen molar-refractivity contribution in [2.24, 2.45) is 23.2 Å². The molecule has 14 heteroatoms. The molecule has 0 amide bonds. The molecular weight excluding hydrogens is 710 g/mol. The predicted molar refractivity (Wildman–Crippen MR) is 210 cm³/mol. The summed E-state index contributed by atoms with van der Waals surface area (Å²) in [5.41, 5.74) is -5.24. The minimum atomic E-state index is -1.80. The number of esters is 1. The van der Waals surface area contributed by atoms with Crippen LogP contribution in [0.2, 0.25) is 0 Å². The normalized spacial score (nSPS) is 46.8. The fourth-order valence-electron chi connectivity index (χ4n) is 9.22. The number of hydrogen-bond acceptors (Lipinski definition) is 14. The molecule has 3 rings (SSSR count). The van der Waals surface area contributed by atoms with Gasteiger partial charge in [0.15, 0.2) is 12.6 Å². The molecule has 0 radical (unpaired) electrons. The van der Waals surface area contributed by atoms with E-state index in [1.807, 2.05) is 60.5 Å². The quantitative estimate of drug-likeness (QED) is 0.126. The Labute approximate surface area is 331 Å². The van der Waals surface area contributed by atoms with Crippen molar-refractivity contribution in [3.05, 3.63) is 0 Å². The Morgan fingerprint density at radius 3 is 2.15 bits per heavy atom. The molecule has 3 aliphatic rings. The predicted octanol–water partition coefficient (Wildman–Crippen LogP) is 2.55. The van der Waals surface area contributed by atoms with Crippen LogP contribution in [0.25, 0.3) is 0 Å². The zero-order valence-corrected chi connectivity index (χ0v) is 36.4. The van der Waals surface area contributed by atoms with Gasteiger partial charge in [-0.2, -0.15) is 0 Å². The number of carbonyl (C=O) groups excluding carboxylic acids is 1. The molecule has 17 atom stereocenters. The van der Waals surface area contributed by atoms with E-state index in [9.17, 15) is 30.3 Å². The standard InChI is InChI=1S/C41H79N3O11/c1-15-17-42-22-41(50)28(8)52-31(20-38(41,9)10)54-33-25(5)35(55-37-32(45)29(44(13)14)18-24(4)51-37)39(11,48)19-23(3)21-43-27(7)34(46)40(12,49)30(16-2)53-36(47)26(33)6/h23-35,37,42-43,45-46,48-50H,15-22H2,1-14H3. The van der Waals surface area contributed by atoms with Crippen LogP contribution in [0.4, 0.5) is 0 Å². The first-order valence-electron chi connectivity index (χ1n) is 20.8. The highest BCUT2D eigenvalue weighted by Crippen LogP contribution is 2.46. The van der Waals surface area contributed by atoms with E-state index in [1.54, 1.807) is 27.7 Å². The van der Waals surface area contributed by atoms with Gasteiger partial charge < -0.3 is 64.8 Å². The number of aliphatic hydroxyl groups excluding tert-OH is 2. The van der Waals surface area contributed by atoms with Crippen LogP contribution in [0.1, 0.15) is 115 Å². The van der Waals surface area contributed by atoms with Gasteiger partial charge in [0.2, 0.25) is 0 Å². The molecule has 0 spiro atoms. The third-order valence-corrected chi connectivity index (χ3v) is 12.9. The summed E-state index contributed by atoms with van der Waals surface area (Å²) in [5.74, 6) is -2.54. The zero-order chi connectivity index (χ0) is 41.8. The molecule has 17 unspecified atom stereocenters. The molecule has 7 N–H and O–H groups in total. The maximum atomic E-state index is 14.3. The number of carbonyl (C=O) groups is 1. The van der Waals surface area contributed by atoms with Crippen LogP contribution in [0, 0.1) is 23.2 Å². The molecule has 0 bridgehead atoms. The molecule has 0 saturated carbocycles. The van der Waals surface area contributed by atoms with Crippen LogP contribution >= 0.6 is 0 Å². The fraction of sp³-hybridized carbons (Fsp3) is 0.976. The van der Waals surface area contributed by atoms with E-state index in [2.05, 4.69) is 17.6 Å². The number of likely N-dealkylation sites (N-methyl/N-ethyl adjacent to an activating group) is 1. The fourth-order valence-corrected chi connectivity index (χ4v) is 9.22. The van der Waals surface area contributed by atoms with E-state index in [0.717, 1.165) is 13.0 Å². The lowest BCUT2D eigenvalue weighted by Gasteiger charge is -2.53. The van der Waals surface area contributed by atoms with E-state index in [1.165, 1.54) is 6.92 Å². The van der Waals surface area contributed by atoms with Crippen molar-refractivity contribution in [2.45, 2.75) is 199 Å². The Balaban J connectivity index is 2.14. The van der Waals surface area contributed by atoms with Crippen LogP contribution < -0.4 is 10.6 Å². The number of ether oxygens (including phenoxy) is 5. The third-order valence-electron chi connectivity index (χ3n) is 12.9. The van der Waals surface area contributed by atoms with Crippen LogP contribution in [0.5, 0.6) is 0 Å². The second-order valence-electron chi connectivity index (χ2n) is 18.6. The molecule has 0 aromatic heterocycles. The topological polar surface area (TPSA) is 192 Å². The first-order chi connectivity index (χ1) is 25.3. The van der Waals surface area contributed by atoms with Gasteiger partial charge >= 0.3 is 5.97 Å².